The molecule has 0 aromatic carbocycles. The van der Waals surface area contributed by atoms with Crippen LogP contribution in [0.1, 0.15) is 29.8 Å². The summed E-state index contributed by atoms with van der Waals surface area (Å²) in [5.74, 6) is 0. The first kappa shape index (κ1) is 9.98. The minimum atomic E-state index is -0.146. The number of nitrogens with zero attached hydrogens (tertiary/aromatic N) is 2. The van der Waals surface area contributed by atoms with Crippen molar-refractivity contribution in [2.45, 2.75) is 19.4 Å². The maximum Gasteiger partial charge on any atom is 0.0953 e. The molecule has 15 heavy (non-hydrogen) atoms. The van der Waals surface area contributed by atoms with Gasteiger partial charge in [-0.05, 0) is 12.5 Å². The number of aromatic nitrogens is 2. The van der Waals surface area contributed by atoms with Gasteiger partial charge in [0.05, 0.1) is 24.3 Å². The molecule has 2 heterocycles. The number of nitrogens with two attached hydrogens (primary N) is 1. The summed E-state index contributed by atoms with van der Waals surface area (Å²) >= 11 is 0. The molecule has 0 amide bonds. The van der Waals surface area contributed by atoms with Gasteiger partial charge >= 0.3 is 0 Å². The molecule has 1 atom stereocenters. The van der Waals surface area contributed by atoms with E-state index in [1.54, 1.807) is 17.2 Å². The Morgan fingerprint density at radius 3 is 3.00 bits per heavy atom. The Morgan fingerprint density at radius 2 is 2.40 bits per heavy atom. The first-order valence-electron chi connectivity index (χ1n) is 5.02. The zero-order chi connectivity index (χ0) is 10.8. The summed E-state index contributed by atoms with van der Waals surface area (Å²) in [6.45, 7) is 2.08. The number of rotatable bonds is 3. The van der Waals surface area contributed by atoms with Crippen molar-refractivity contribution < 1.29 is 4.42 Å². The molecule has 0 aliphatic heterocycles. The van der Waals surface area contributed by atoms with Crippen molar-refractivity contribution in [3.05, 3.63) is 41.6 Å². The standard InChI is InChI=1S/C11H15N3O/c1-3-10-9(6-14(2)13-10)11(12)8-4-5-15-7-8/h4-7,11H,3,12H2,1-2H3. The van der Waals surface area contributed by atoms with E-state index in [2.05, 4.69) is 12.0 Å². The van der Waals surface area contributed by atoms with E-state index in [-0.39, 0.29) is 6.04 Å². The molecule has 80 valence electrons. The number of hydrogen-bond acceptors (Lipinski definition) is 3. The summed E-state index contributed by atoms with van der Waals surface area (Å²) in [5.41, 5.74) is 9.24. The second-order valence-corrected chi connectivity index (χ2v) is 3.59. The molecule has 0 aliphatic carbocycles. The average molecular weight is 205 g/mol. The van der Waals surface area contributed by atoms with Gasteiger partial charge in [0.15, 0.2) is 0 Å². The zero-order valence-corrected chi connectivity index (χ0v) is 8.97. The Morgan fingerprint density at radius 1 is 1.60 bits per heavy atom. The van der Waals surface area contributed by atoms with E-state index in [1.165, 1.54) is 0 Å². The maximum absolute atomic E-state index is 6.14. The lowest BCUT2D eigenvalue weighted by Crippen LogP contribution is -2.12. The molecule has 1 unspecified atom stereocenters. The molecular weight excluding hydrogens is 190 g/mol. The van der Waals surface area contributed by atoms with Crippen LogP contribution in [0.4, 0.5) is 0 Å². The minimum Gasteiger partial charge on any atom is -0.472 e. The Bertz CT molecular complexity index is 431. The highest BCUT2D eigenvalue weighted by Crippen LogP contribution is 2.22. The predicted molar refractivity (Wildman–Crippen MR) is 57.3 cm³/mol. The van der Waals surface area contributed by atoms with E-state index in [1.807, 2.05) is 19.3 Å². The van der Waals surface area contributed by atoms with Crippen molar-refractivity contribution in [3.8, 4) is 0 Å². The molecule has 0 aliphatic rings. The van der Waals surface area contributed by atoms with Gasteiger partial charge in [0.25, 0.3) is 0 Å². The second-order valence-electron chi connectivity index (χ2n) is 3.59. The third kappa shape index (κ3) is 1.80. The fraction of sp³-hybridized carbons (Fsp3) is 0.364. The van der Waals surface area contributed by atoms with Gasteiger partial charge in [-0.3, -0.25) is 4.68 Å². The molecule has 2 N–H and O–H groups in total. The molecule has 0 saturated carbocycles. The third-order valence-electron chi connectivity index (χ3n) is 2.51. The first-order chi connectivity index (χ1) is 7.22. The largest absolute Gasteiger partial charge is 0.472 e. The van der Waals surface area contributed by atoms with Crippen molar-refractivity contribution >= 4 is 0 Å². The summed E-state index contributed by atoms with van der Waals surface area (Å²) in [4.78, 5) is 0. The smallest absolute Gasteiger partial charge is 0.0953 e. The Hall–Kier alpha value is -1.55. The number of hydrogen-bond donors (Lipinski definition) is 1. The van der Waals surface area contributed by atoms with E-state index >= 15 is 0 Å². The van der Waals surface area contributed by atoms with Crippen LogP contribution in [-0.4, -0.2) is 9.78 Å². The van der Waals surface area contributed by atoms with Crippen LogP contribution in [0.25, 0.3) is 0 Å². The summed E-state index contributed by atoms with van der Waals surface area (Å²) < 4.78 is 6.83. The van der Waals surface area contributed by atoms with Gasteiger partial charge < -0.3 is 10.2 Å². The highest BCUT2D eigenvalue weighted by molar-refractivity contribution is 5.30. The van der Waals surface area contributed by atoms with E-state index in [4.69, 9.17) is 10.2 Å². The van der Waals surface area contributed by atoms with Crippen LogP contribution in [0.5, 0.6) is 0 Å². The molecule has 0 radical (unpaired) electrons. The van der Waals surface area contributed by atoms with E-state index in [0.717, 1.165) is 23.2 Å². The minimum absolute atomic E-state index is 0.146. The average Bonchev–Trinajstić information content (AvgIpc) is 2.84. The van der Waals surface area contributed by atoms with Gasteiger partial charge in [-0.25, -0.2) is 0 Å². The second kappa shape index (κ2) is 3.90. The van der Waals surface area contributed by atoms with Crippen molar-refractivity contribution in [1.29, 1.82) is 0 Å². The topological polar surface area (TPSA) is 57.0 Å². The van der Waals surface area contributed by atoms with Gasteiger partial charge in [-0.15, -0.1) is 0 Å². The van der Waals surface area contributed by atoms with Crippen LogP contribution in [-0.2, 0) is 13.5 Å². The molecule has 4 heteroatoms. The van der Waals surface area contributed by atoms with E-state index < -0.39 is 0 Å². The predicted octanol–water partition coefficient (Wildman–Crippen LogP) is 1.62. The third-order valence-corrected chi connectivity index (χ3v) is 2.51. The van der Waals surface area contributed by atoms with Crippen molar-refractivity contribution in [2.24, 2.45) is 12.8 Å². The highest BCUT2D eigenvalue weighted by Gasteiger charge is 2.16. The van der Waals surface area contributed by atoms with Gasteiger partial charge in [-0.1, -0.05) is 6.92 Å². The summed E-state index contributed by atoms with van der Waals surface area (Å²) in [7, 11) is 1.91. The van der Waals surface area contributed by atoms with Gasteiger partial charge in [0.1, 0.15) is 0 Å². The molecule has 0 spiro atoms. The molecule has 0 saturated heterocycles. The summed E-state index contributed by atoms with van der Waals surface area (Å²) in [6, 6.07) is 1.74. The van der Waals surface area contributed by atoms with Crippen LogP contribution in [0.15, 0.2) is 29.2 Å². The van der Waals surface area contributed by atoms with Crippen LogP contribution in [0.3, 0.4) is 0 Å². The molecule has 2 rings (SSSR count). The normalized spacial score (nSPS) is 13.0. The summed E-state index contributed by atoms with van der Waals surface area (Å²) in [5, 5.41) is 4.37. The van der Waals surface area contributed by atoms with Crippen LogP contribution in [0.2, 0.25) is 0 Å². The number of aryl methyl sites for hydroxylation is 2. The monoisotopic (exact) mass is 205 g/mol. The lowest BCUT2D eigenvalue weighted by atomic mass is 10.0. The van der Waals surface area contributed by atoms with Gasteiger partial charge in [-0.2, -0.15) is 5.10 Å². The molecular formula is C11H15N3O. The Balaban J connectivity index is 2.36. The summed E-state index contributed by atoms with van der Waals surface area (Å²) in [6.07, 6.45) is 6.17. The van der Waals surface area contributed by atoms with Crippen molar-refractivity contribution in [3.63, 3.8) is 0 Å². The quantitative estimate of drug-likeness (QED) is 0.828. The van der Waals surface area contributed by atoms with Crippen LogP contribution < -0.4 is 5.73 Å². The van der Waals surface area contributed by atoms with Crippen molar-refractivity contribution in [1.82, 2.24) is 9.78 Å². The fourth-order valence-electron chi connectivity index (χ4n) is 1.72. The van der Waals surface area contributed by atoms with E-state index in [9.17, 15) is 0 Å². The Labute approximate surface area is 88.7 Å². The fourth-order valence-corrected chi connectivity index (χ4v) is 1.72. The molecule has 2 aromatic rings. The SMILES string of the molecule is CCc1nn(C)cc1C(N)c1ccoc1. The van der Waals surface area contributed by atoms with Gasteiger partial charge in [0, 0.05) is 24.4 Å². The van der Waals surface area contributed by atoms with Gasteiger partial charge in [0.2, 0.25) is 0 Å². The zero-order valence-electron chi connectivity index (χ0n) is 8.97. The highest BCUT2D eigenvalue weighted by atomic mass is 16.3. The maximum atomic E-state index is 6.14. The van der Waals surface area contributed by atoms with Crippen molar-refractivity contribution in [2.75, 3.05) is 0 Å². The van der Waals surface area contributed by atoms with Crippen LogP contribution in [0, 0.1) is 0 Å². The lowest BCUT2D eigenvalue weighted by Gasteiger charge is -2.08. The molecule has 4 nitrogen and oxygen atoms in total. The number of furan rings is 1. The molecule has 2 aromatic heterocycles. The van der Waals surface area contributed by atoms with E-state index in [0.29, 0.717) is 0 Å². The Kier molecular flexibility index (Phi) is 2.60. The molecule has 0 fully saturated rings. The van der Waals surface area contributed by atoms with Crippen LogP contribution >= 0.6 is 0 Å². The first-order valence-corrected chi connectivity index (χ1v) is 5.02. The molecule has 0 bridgehead atoms. The lowest BCUT2D eigenvalue weighted by molar-refractivity contribution is 0.562.